The molecule has 2 aromatic rings. The Balaban J connectivity index is 1.71. The molecule has 1 aromatic carbocycles. The number of carboxylic acids is 2. The van der Waals surface area contributed by atoms with Crippen molar-refractivity contribution in [2.24, 2.45) is 5.14 Å². The van der Waals surface area contributed by atoms with E-state index in [1.165, 1.54) is 35.0 Å². The van der Waals surface area contributed by atoms with Crippen LogP contribution >= 0.6 is 0 Å². The van der Waals surface area contributed by atoms with Crippen LogP contribution in [0.15, 0.2) is 41.6 Å². The van der Waals surface area contributed by atoms with Crippen LogP contribution in [-0.2, 0) is 37.5 Å². The molecule has 13 nitrogen and oxygen atoms in total. The maximum atomic E-state index is 12.3. The highest BCUT2D eigenvalue weighted by atomic mass is 32.2. The average Bonchev–Trinajstić information content (AvgIpc) is 3.18. The molecule has 0 atom stereocenters. The number of rotatable bonds is 15. The van der Waals surface area contributed by atoms with Gasteiger partial charge in [0.2, 0.25) is 15.9 Å². The fourth-order valence-corrected chi connectivity index (χ4v) is 3.44. The Morgan fingerprint density at radius 2 is 1.74 bits per heavy atom. The zero-order valence-corrected chi connectivity index (χ0v) is 19.1. The molecule has 186 valence electrons. The second kappa shape index (κ2) is 12.7. The van der Waals surface area contributed by atoms with E-state index in [9.17, 15) is 22.8 Å². The van der Waals surface area contributed by atoms with Crippen LogP contribution in [0.3, 0.4) is 0 Å². The molecule has 0 spiro atoms. The fraction of sp³-hybridized carbons (Fsp3) is 0.400. The average molecular weight is 498 g/mol. The molecule has 0 aliphatic heterocycles. The van der Waals surface area contributed by atoms with Crippen molar-refractivity contribution in [1.82, 2.24) is 19.8 Å². The van der Waals surface area contributed by atoms with E-state index >= 15 is 0 Å². The van der Waals surface area contributed by atoms with Gasteiger partial charge in [-0.2, -0.15) is 0 Å². The smallest absolute Gasteiger partial charge is 0.323 e. The number of aromatic nitrogens is 2. The highest BCUT2D eigenvalue weighted by molar-refractivity contribution is 7.89. The molecular weight excluding hydrogens is 470 g/mol. The lowest BCUT2D eigenvalue weighted by Crippen LogP contribution is -2.41. The van der Waals surface area contributed by atoms with E-state index in [0.717, 1.165) is 17.7 Å². The maximum Gasteiger partial charge on any atom is 0.323 e. The van der Waals surface area contributed by atoms with E-state index in [-0.39, 0.29) is 11.4 Å². The van der Waals surface area contributed by atoms with E-state index < -0.39 is 41.0 Å². The lowest BCUT2D eigenvalue weighted by atomic mass is 10.3. The molecule has 0 fully saturated rings. The molecule has 0 saturated carbocycles. The minimum absolute atomic E-state index is 0.0144. The number of hydrogen-bond acceptors (Lipinski definition) is 8. The van der Waals surface area contributed by atoms with E-state index in [1.807, 2.05) is 0 Å². The minimum atomic E-state index is -3.74. The van der Waals surface area contributed by atoms with Crippen LogP contribution in [0.4, 0.5) is 0 Å². The van der Waals surface area contributed by atoms with Crippen LogP contribution < -0.4 is 15.2 Å². The van der Waals surface area contributed by atoms with E-state index in [2.05, 4.69) is 10.3 Å². The monoisotopic (exact) mass is 497 g/mol. The third-order valence-corrected chi connectivity index (χ3v) is 5.49. The summed E-state index contributed by atoms with van der Waals surface area (Å²) in [6.45, 7) is -0.206. The van der Waals surface area contributed by atoms with Crippen LogP contribution in [0.1, 0.15) is 18.7 Å². The van der Waals surface area contributed by atoms with Gasteiger partial charge in [-0.25, -0.2) is 18.5 Å². The van der Waals surface area contributed by atoms with Crippen molar-refractivity contribution < 1.29 is 37.8 Å². The zero-order valence-electron chi connectivity index (χ0n) is 18.3. The highest BCUT2D eigenvalue weighted by Gasteiger charge is 2.20. The lowest BCUT2D eigenvalue weighted by molar-refractivity contribution is -0.149. The number of hydrogen-bond donors (Lipinski definition) is 4. The fourth-order valence-electron chi connectivity index (χ4n) is 2.92. The Kier molecular flexibility index (Phi) is 9.97. The van der Waals surface area contributed by atoms with Gasteiger partial charge >= 0.3 is 11.9 Å². The number of carbonyl (C=O) groups is 3. The van der Waals surface area contributed by atoms with Crippen molar-refractivity contribution in [2.45, 2.75) is 30.8 Å². The molecule has 0 unspecified atom stereocenters. The van der Waals surface area contributed by atoms with Crippen LogP contribution in [0, 0.1) is 0 Å². The van der Waals surface area contributed by atoms with Gasteiger partial charge in [-0.3, -0.25) is 14.4 Å². The van der Waals surface area contributed by atoms with Crippen molar-refractivity contribution in [3.63, 3.8) is 0 Å². The molecule has 1 heterocycles. The van der Waals surface area contributed by atoms with Gasteiger partial charge in [0.25, 0.3) is 0 Å². The molecule has 0 bridgehead atoms. The molecule has 0 radical (unpaired) electrons. The third kappa shape index (κ3) is 9.17. The van der Waals surface area contributed by atoms with Crippen molar-refractivity contribution in [1.29, 1.82) is 0 Å². The van der Waals surface area contributed by atoms with Crippen molar-refractivity contribution in [3.05, 3.63) is 42.5 Å². The summed E-state index contributed by atoms with van der Waals surface area (Å²) in [5.41, 5.74) is 0. The number of carboxylic acid groups (broad SMARTS) is 2. The normalized spacial score (nSPS) is 11.2. The Morgan fingerprint density at radius 1 is 1.09 bits per heavy atom. The topological polar surface area (TPSA) is 194 Å². The number of carbonyl (C=O) groups excluding carboxylic acids is 1. The largest absolute Gasteiger partial charge is 0.494 e. The highest BCUT2D eigenvalue weighted by Crippen LogP contribution is 2.15. The SMILES string of the molecule is NS(=O)(=O)c1ccc(OCCCCNCc2nccn2CC(=O)N(CC(=O)O)CC(=O)O)cc1. The van der Waals surface area contributed by atoms with E-state index in [4.69, 9.17) is 20.1 Å². The second-order valence-corrected chi connectivity index (χ2v) is 8.82. The summed E-state index contributed by atoms with van der Waals surface area (Å²) in [4.78, 5) is 39.1. The van der Waals surface area contributed by atoms with E-state index in [0.29, 0.717) is 31.3 Å². The number of nitrogens with zero attached hydrogens (tertiary/aromatic N) is 3. The number of imidazole rings is 1. The maximum absolute atomic E-state index is 12.3. The Hall–Kier alpha value is -3.49. The standard InChI is InChI=1S/C20H27N5O8S/c21-34(31,32)16-5-3-15(4-6-16)33-10-2-1-7-22-11-17-23-8-9-24(17)12-18(26)25(13-19(27)28)14-20(29)30/h3-6,8-9,22H,1-2,7,10-14H2,(H,27,28)(H,29,30)(H2,21,31,32). The molecule has 14 heteroatoms. The first kappa shape index (κ1) is 26.8. The molecular formula is C20H27N5O8S. The second-order valence-electron chi connectivity index (χ2n) is 7.26. The number of benzene rings is 1. The first-order valence-electron chi connectivity index (χ1n) is 10.2. The Morgan fingerprint density at radius 3 is 2.32 bits per heavy atom. The van der Waals surface area contributed by atoms with Gasteiger partial charge in [0.1, 0.15) is 31.2 Å². The van der Waals surface area contributed by atoms with Gasteiger partial charge in [-0.05, 0) is 43.7 Å². The summed E-state index contributed by atoms with van der Waals surface area (Å²) in [6, 6.07) is 5.82. The predicted molar refractivity (Wildman–Crippen MR) is 118 cm³/mol. The number of nitrogens with one attached hydrogen (secondary N) is 1. The van der Waals surface area contributed by atoms with Crippen molar-refractivity contribution in [2.75, 3.05) is 26.2 Å². The Bertz CT molecular complexity index is 1070. The number of aliphatic carboxylic acids is 2. The van der Waals surface area contributed by atoms with Gasteiger partial charge < -0.3 is 29.7 Å². The van der Waals surface area contributed by atoms with Gasteiger partial charge in [0, 0.05) is 12.4 Å². The summed E-state index contributed by atoms with van der Waals surface area (Å²) in [7, 11) is -3.74. The number of sulfonamides is 1. The Labute approximate surface area is 196 Å². The minimum Gasteiger partial charge on any atom is -0.494 e. The lowest BCUT2D eigenvalue weighted by Gasteiger charge is -2.19. The van der Waals surface area contributed by atoms with Gasteiger partial charge in [-0.1, -0.05) is 0 Å². The first-order chi connectivity index (χ1) is 16.1. The molecule has 0 aliphatic rings. The van der Waals surface area contributed by atoms with Gasteiger partial charge in [0.15, 0.2) is 0 Å². The molecule has 0 saturated heterocycles. The van der Waals surface area contributed by atoms with Gasteiger partial charge in [-0.15, -0.1) is 0 Å². The first-order valence-corrected chi connectivity index (χ1v) is 11.8. The van der Waals surface area contributed by atoms with Crippen LogP contribution in [0.5, 0.6) is 5.75 Å². The van der Waals surface area contributed by atoms with Crippen LogP contribution in [0.25, 0.3) is 0 Å². The van der Waals surface area contributed by atoms with Crippen molar-refractivity contribution >= 4 is 27.9 Å². The quantitative estimate of drug-likeness (QED) is 0.232. The molecule has 0 aliphatic carbocycles. The van der Waals surface area contributed by atoms with Gasteiger partial charge in [0.05, 0.1) is 18.0 Å². The molecule has 1 aromatic heterocycles. The van der Waals surface area contributed by atoms with Crippen LogP contribution in [-0.4, -0.2) is 77.2 Å². The van der Waals surface area contributed by atoms with E-state index in [1.54, 1.807) is 6.20 Å². The number of primary sulfonamides is 1. The molecule has 34 heavy (non-hydrogen) atoms. The molecule has 5 N–H and O–H groups in total. The third-order valence-electron chi connectivity index (χ3n) is 4.56. The predicted octanol–water partition coefficient (Wildman–Crippen LogP) is -0.523. The number of nitrogens with two attached hydrogens (primary N) is 1. The number of unbranched alkanes of at least 4 members (excludes halogenated alkanes) is 1. The summed E-state index contributed by atoms with van der Waals surface area (Å²) < 4.78 is 29.6. The summed E-state index contributed by atoms with van der Waals surface area (Å²) in [6.07, 6.45) is 4.57. The summed E-state index contributed by atoms with van der Waals surface area (Å²) in [5.74, 6) is -2.16. The molecule has 1 amide bonds. The van der Waals surface area contributed by atoms with Crippen molar-refractivity contribution in [3.8, 4) is 5.75 Å². The zero-order chi connectivity index (χ0) is 25.1. The van der Waals surface area contributed by atoms with Crippen LogP contribution in [0.2, 0.25) is 0 Å². The summed E-state index contributed by atoms with van der Waals surface area (Å²) >= 11 is 0. The number of amides is 1. The summed E-state index contributed by atoms with van der Waals surface area (Å²) in [5, 5.41) is 26.0. The number of ether oxygens (including phenoxy) is 1. The molecule has 2 rings (SSSR count).